The maximum atomic E-state index is 12.2. The van der Waals surface area contributed by atoms with Crippen LogP contribution < -0.4 is 10.1 Å². The van der Waals surface area contributed by atoms with E-state index < -0.39 is 6.10 Å². The molecule has 0 radical (unpaired) electrons. The Bertz CT molecular complexity index is 654. The molecule has 1 aromatic heterocycles. The number of pyridine rings is 1. The van der Waals surface area contributed by atoms with E-state index in [1.165, 1.54) is 5.56 Å². The van der Waals surface area contributed by atoms with Crippen LogP contribution in [0.1, 0.15) is 29.2 Å². The number of hydrogen-bond donors (Lipinski definition) is 1. The Balaban J connectivity index is 1.97. The van der Waals surface area contributed by atoms with Gasteiger partial charge < -0.3 is 10.1 Å². The van der Waals surface area contributed by atoms with Gasteiger partial charge in [-0.25, -0.2) is 0 Å². The average molecular weight is 298 g/mol. The number of aromatic nitrogens is 1. The van der Waals surface area contributed by atoms with Gasteiger partial charge in [0.15, 0.2) is 6.10 Å². The number of nitrogens with one attached hydrogen (secondary N) is 1. The Morgan fingerprint density at radius 3 is 2.59 bits per heavy atom. The number of carbonyl (C=O) groups is 1. The van der Waals surface area contributed by atoms with E-state index in [9.17, 15) is 4.79 Å². The van der Waals surface area contributed by atoms with Crippen molar-refractivity contribution < 1.29 is 9.53 Å². The fraction of sp³-hybridized carbons (Fsp3) is 0.333. The number of carbonyl (C=O) groups excluding carboxylic acids is 1. The Kier molecular flexibility index (Phi) is 5.15. The van der Waals surface area contributed by atoms with Gasteiger partial charge in [0.05, 0.1) is 0 Å². The molecule has 2 aromatic rings. The Morgan fingerprint density at radius 1 is 1.23 bits per heavy atom. The van der Waals surface area contributed by atoms with Gasteiger partial charge in [-0.2, -0.15) is 0 Å². The zero-order valence-electron chi connectivity index (χ0n) is 13.5. The molecule has 1 heterocycles. The second kappa shape index (κ2) is 7.07. The Morgan fingerprint density at radius 2 is 1.91 bits per heavy atom. The zero-order chi connectivity index (χ0) is 16.1. The van der Waals surface area contributed by atoms with E-state index in [-0.39, 0.29) is 5.91 Å². The molecule has 4 heteroatoms. The number of aryl methyl sites for hydroxylation is 2. The molecule has 1 amide bonds. The molecule has 0 aliphatic heterocycles. The van der Waals surface area contributed by atoms with Crippen molar-refractivity contribution in [3.05, 3.63) is 58.9 Å². The Labute approximate surface area is 131 Å². The van der Waals surface area contributed by atoms with Crippen molar-refractivity contribution in [2.75, 3.05) is 0 Å². The average Bonchev–Trinajstić information content (AvgIpc) is 2.50. The minimum atomic E-state index is -0.540. The molecule has 22 heavy (non-hydrogen) atoms. The van der Waals surface area contributed by atoms with E-state index in [4.69, 9.17) is 4.74 Å². The lowest BCUT2D eigenvalue weighted by Gasteiger charge is -2.18. The predicted molar refractivity (Wildman–Crippen MR) is 86.8 cm³/mol. The van der Waals surface area contributed by atoms with Crippen molar-refractivity contribution in [2.45, 2.75) is 40.3 Å². The number of ether oxygens (including phenoxy) is 1. The summed E-state index contributed by atoms with van der Waals surface area (Å²) in [5.41, 5.74) is 4.37. The summed E-state index contributed by atoms with van der Waals surface area (Å²) in [6, 6.07) is 7.82. The van der Waals surface area contributed by atoms with Gasteiger partial charge >= 0.3 is 0 Å². The summed E-state index contributed by atoms with van der Waals surface area (Å²) in [5, 5.41) is 2.88. The zero-order valence-corrected chi connectivity index (χ0v) is 13.5. The monoisotopic (exact) mass is 298 g/mol. The lowest BCUT2D eigenvalue weighted by atomic mass is 10.1. The fourth-order valence-corrected chi connectivity index (χ4v) is 2.20. The van der Waals surface area contributed by atoms with Crippen molar-refractivity contribution in [3.63, 3.8) is 0 Å². The number of rotatable bonds is 5. The molecule has 4 nitrogen and oxygen atoms in total. The van der Waals surface area contributed by atoms with Gasteiger partial charge in [-0.05, 0) is 68.1 Å². The first-order valence-corrected chi connectivity index (χ1v) is 7.38. The molecular weight excluding hydrogens is 276 g/mol. The molecule has 0 fully saturated rings. The van der Waals surface area contributed by atoms with Crippen LogP contribution in [0.3, 0.4) is 0 Å². The minimum absolute atomic E-state index is 0.129. The summed E-state index contributed by atoms with van der Waals surface area (Å²) in [4.78, 5) is 16.1. The van der Waals surface area contributed by atoms with Gasteiger partial charge in [-0.3, -0.25) is 9.78 Å². The third-order valence-corrected chi connectivity index (χ3v) is 3.65. The first-order chi connectivity index (χ1) is 10.5. The van der Waals surface area contributed by atoms with E-state index in [0.29, 0.717) is 6.54 Å². The maximum Gasteiger partial charge on any atom is 0.261 e. The second-order valence-corrected chi connectivity index (χ2v) is 5.54. The molecule has 0 saturated carbocycles. The minimum Gasteiger partial charge on any atom is -0.481 e. The molecule has 0 unspecified atom stereocenters. The largest absolute Gasteiger partial charge is 0.481 e. The van der Waals surface area contributed by atoms with Gasteiger partial charge in [0.25, 0.3) is 5.91 Å². The van der Waals surface area contributed by atoms with Crippen LogP contribution in [0, 0.1) is 20.8 Å². The van der Waals surface area contributed by atoms with Crippen LogP contribution in [0.25, 0.3) is 0 Å². The van der Waals surface area contributed by atoms with E-state index in [0.717, 1.165) is 22.4 Å². The third-order valence-electron chi connectivity index (χ3n) is 3.65. The summed E-state index contributed by atoms with van der Waals surface area (Å²) in [6.07, 6.45) is 2.88. The quantitative estimate of drug-likeness (QED) is 0.923. The Hall–Kier alpha value is -2.36. The standard InChI is InChI=1S/C18H22N2O2/c1-12-9-13(2)14(3)17(10-12)22-15(4)18(21)20-11-16-5-7-19-8-6-16/h5-10,15H,11H2,1-4H3,(H,20,21)/t15-/m1/s1. The van der Waals surface area contributed by atoms with Gasteiger partial charge in [0.2, 0.25) is 0 Å². The first kappa shape index (κ1) is 16.0. The van der Waals surface area contributed by atoms with Crippen LogP contribution in [0.2, 0.25) is 0 Å². The summed E-state index contributed by atoms with van der Waals surface area (Å²) >= 11 is 0. The van der Waals surface area contributed by atoms with Gasteiger partial charge in [0, 0.05) is 18.9 Å². The molecule has 1 atom stereocenters. The van der Waals surface area contributed by atoms with Gasteiger partial charge in [-0.1, -0.05) is 6.07 Å². The van der Waals surface area contributed by atoms with Crippen LogP contribution in [-0.4, -0.2) is 17.0 Å². The fourth-order valence-electron chi connectivity index (χ4n) is 2.20. The normalized spacial score (nSPS) is 11.8. The third kappa shape index (κ3) is 4.07. The number of hydrogen-bond acceptors (Lipinski definition) is 3. The molecule has 0 spiro atoms. The second-order valence-electron chi connectivity index (χ2n) is 5.54. The molecule has 0 bridgehead atoms. The summed E-state index contributed by atoms with van der Waals surface area (Å²) < 4.78 is 5.83. The number of nitrogens with zero attached hydrogens (tertiary/aromatic N) is 1. The lowest BCUT2D eigenvalue weighted by molar-refractivity contribution is -0.127. The molecular formula is C18H22N2O2. The van der Waals surface area contributed by atoms with E-state index in [2.05, 4.69) is 16.4 Å². The van der Waals surface area contributed by atoms with E-state index in [1.54, 1.807) is 19.3 Å². The molecule has 1 aromatic carbocycles. The predicted octanol–water partition coefficient (Wildman–Crippen LogP) is 3.09. The summed E-state index contributed by atoms with van der Waals surface area (Å²) in [5.74, 6) is 0.638. The van der Waals surface area contributed by atoms with E-state index in [1.807, 2.05) is 39.0 Å². The highest BCUT2D eigenvalue weighted by molar-refractivity contribution is 5.80. The maximum absolute atomic E-state index is 12.2. The molecule has 1 N–H and O–H groups in total. The molecule has 0 saturated heterocycles. The first-order valence-electron chi connectivity index (χ1n) is 7.38. The lowest BCUT2D eigenvalue weighted by Crippen LogP contribution is -2.36. The van der Waals surface area contributed by atoms with Gasteiger partial charge in [0.1, 0.15) is 5.75 Å². The van der Waals surface area contributed by atoms with Gasteiger partial charge in [-0.15, -0.1) is 0 Å². The van der Waals surface area contributed by atoms with Crippen LogP contribution in [0.5, 0.6) is 5.75 Å². The summed E-state index contributed by atoms with van der Waals surface area (Å²) in [7, 11) is 0. The SMILES string of the molecule is Cc1cc(C)c(C)c(O[C@H](C)C(=O)NCc2ccncc2)c1. The van der Waals surface area contributed by atoms with Crippen molar-refractivity contribution in [1.82, 2.24) is 10.3 Å². The topological polar surface area (TPSA) is 51.2 Å². The van der Waals surface area contributed by atoms with Crippen LogP contribution in [0.4, 0.5) is 0 Å². The summed E-state index contributed by atoms with van der Waals surface area (Å²) in [6.45, 7) is 8.31. The highest BCUT2D eigenvalue weighted by Crippen LogP contribution is 2.24. The van der Waals surface area contributed by atoms with Crippen LogP contribution in [0.15, 0.2) is 36.7 Å². The van der Waals surface area contributed by atoms with Crippen LogP contribution >= 0.6 is 0 Å². The molecule has 116 valence electrons. The highest BCUT2D eigenvalue weighted by Gasteiger charge is 2.16. The van der Waals surface area contributed by atoms with E-state index >= 15 is 0 Å². The number of benzene rings is 1. The molecule has 0 aliphatic carbocycles. The molecule has 2 rings (SSSR count). The van der Waals surface area contributed by atoms with Crippen molar-refractivity contribution in [3.8, 4) is 5.75 Å². The highest BCUT2D eigenvalue weighted by atomic mass is 16.5. The number of amides is 1. The molecule has 0 aliphatic rings. The van der Waals surface area contributed by atoms with Crippen molar-refractivity contribution >= 4 is 5.91 Å². The van der Waals surface area contributed by atoms with Crippen LogP contribution in [-0.2, 0) is 11.3 Å². The smallest absolute Gasteiger partial charge is 0.261 e. The van der Waals surface area contributed by atoms with Crippen molar-refractivity contribution in [2.24, 2.45) is 0 Å². The van der Waals surface area contributed by atoms with Crippen molar-refractivity contribution in [1.29, 1.82) is 0 Å².